The second kappa shape index (κ2) is 11.3. The highest BCUT2D eigenvalue weighted by Crippen LogP contribution is 2.32. The van der Waals surface area contributed by atoms with Crippen LogP contribution < -0.4 is 14.4 Å². The number of hydrogen-bond acceptors (Lipinski definition) is 4. The van der Waals surface area contributed by atoms with Crippen LogP contribution in [0.1, 0.15) is 0 Å². The number of hydrogen-bond donors (Lipinski definition) is 0. The fourth-order valence-corrected chi connectivity index (χ4v) is 4.57. The summed E-state index contributed by atoms with van der Waals surface area (Å²) in [5.41, 5.74) is 6.00. The van der Waals surface area contributed by atoms with Crippen LogP contribution in [0.15, 0.2) is 128 Å². The lowest BCUT2D eigenvalue weighted by atomic mass is 10.0. The third kappa shape index (κ3) is 6.09. The van der Waals surface area contributed by atoms with E-state index in [1.165, 1.54) is 0 Å². The van der Waals surface area contributed by atoms with Crippen molar-refractivity contribution in [2.75, 3.05) is 26.0 Å². The number of pyridine rings is 1. The van der Waals surface area contributed by atoms with Crippen molar-refractivity contribution in [1.82, 2.24) is 4.98 Å². The van der Waals surface area contributed by atoms with E-state index < -0.39 is 0 Å². The summed E-state index contributed by atoms with van der Waals surface area (Å²) in [6.07, 6.45) is 5.75. The zero-order valence-electron chi connectivity index (χ0n) is 23.2. The van der Waals surface area contributed by atoms with Gasteiger partial charge in [0.2, 0.25) is 11.9 Å². The molecule has 5 aromatic rings. The summed E-state index contributed by atoms with van der Waals surface area (Å²) in [6, 6.07) is 39.4. The minimum atomic E-state index is 0.740. The maximum absolute atomic E-state index is 6.24. The number of aromatic nitrogens is 1. The second-order valence-corrected chi connectivity index (χ2v) is 9.96. The van der Waals surface area contributed by atoms with E-state index in [2.05, 4.69) is 40.2 Å². The molecule has 0 atom stereocenters. The Kier molecular flexibility index (Phi) is 7.14. The van der Waals surface area contributed by atoms with Crippen molar-refractivity contribution in [2.45, 2.75) is 0 Å². The summed E-state index contributed by atoms with van der Waals surface area (Å²) in [7, 11) is 5.98. The molecule has 4 aromatic carbocycles. The lowest BCUT2D eigenvalue weighted by Gasteiger charge is -2.14. The minimum absolute atomic E-state index is 0.740. The van der Waals surface area contributed by atoms with Crippen molar-refractivity contribution in [3.05, 3.63) is 128 Å². The molecule has 2 heterocycles. The molecule has 6 rings (SSSR count). The second-order valence-electron chi connectivity index (χ2n) is 9.96. The highest BCUT2D eigenvalue weighted by atomic mass is 16.5. The first-order valence-corrected chi connectivity index (χ1v) is 13.4. The molecular formula is C35H30N4O2+2. The Bertz CT molecular complexity index is 1830. The Hall–Kier alpha value is -5.45. The van der Waals surface area contributed by atoms with Crippen molar-refractivity contribution in [1.29, 1.82) is 0 Å². The first kappa shape index (κ1) is 25.8. The van der Waals surface area contributed by atoms with Crippen molar-refractivity contribution >= 4 is 17.4 Å². The van der Waals surface area contributed by atoms with Gasteiger partial charge in [0.25, 0.3) is 6.20 Å². The SMILES string of the molecule is CN(C)c1cccc(Oc2cccc(-c3ccnc(-c4cccc(Oc5cccc([N+]6=C=[N+](C)C=C6)c5)c4)c3)c2)c1. The van der Waals surface area contributed by atoms with E-state index in [-0.39, 0.29) is 0 Å². The predicted molar refractivity (Wildman–Crippen MR) is 163 cm³/mol. The number of nitrogens with zero attached hydrogens (tertiary/aromatic N) is 4. The highest BCUT2D eigenvalue weighted by molar-refractivity contribution is 5.72. The monoisotopic (exact) mass is 538 g/mol. The Balaban J connectivity index is 1.22. The molecular weight excluding hydrogens is 508 g/mol. The molecule has 0 aliphatic carbocycles. The van der Waals surface area contributed by atoms with Crippen LogP contribution >= 0.6 is 0 Å². The van der Waals surface area contributed by atoms with Crippen LogP contribution in [0.3, 0.4) is 0 Å². The summed E-state index contributed by atoms with van der Waals surface area (Å²) < 4.78 is 16.2. The Morgan fingerprint density at radius 1 is 0.634 bits per heavy atom. The molecule has 0 unspecified atom stereocenters. The van der Waals surface area contributed by atoms with E-state index in [4.69, 9.17) is 9.47 Å². The van der Waals surface area contributed by atoms with Crippen molar-refractivity contribution < 1.29 is 18.6 Å². The van der Waals surface area contributed by atoms with Gasteiger partial charge in [0.15, 0.2) is 7.05 Å². The molecule has 0 fully saturated rings. The van der Waals surface area contributed by atoms with Gasteiger partial charge in [-0.1, -0.05) is 45.5 Å². The van der Waals surface area contributed by atoms with Crippen molar-refractivity contribution in [2.24, 2.45) is 0 Å². The molecule has 6 nitrogen and oxygen atoms in total. The van der Waals surface area contributed by atoms with Gasteiger partial charge in [-0.2, -0.15) is 0 Å². The summed E-state index contributed by atoms with van der Waals surface area (Å²) in [5.74, 6) is 3.07. The first-order valence-electron chi connectivity index (χ1n) is 13.4. The maximum atomic E-state index is 6.24. The van der Waals surface area contributed by atoms with Gasteiger partial charge in [0.1, 0.15) is 23.0 Å². The van der Waals surface area contributed by atoms with E-state index >= 15 is 0 Å². The van der Waals surface area contributed by atoms with E-state index in [0.29, 0.717) is 0 Å². The summed E-state index contributed by atoms with van der Waals surface area (Å²) in [5, 5.41) is 0. The van der Waals surface area contributed by atoms with Crippen LogP contribution in [0.4, 0.5) is 11.4 Å². The van der Waals surface area contributed by atoms with Gasteiger partial charge in [-0.25, -0.2) is 0 Å². The molecule has 1 aliphatic rings. The van der Waals surface area contributed by atoms with E-state index in [1.54, 1.807) is 0 Å². The molecule has 1 aliphatic heterocycles. The number of rotatable bonds is 8. The van der Waals surface area contributed by atoms with Gasteiger partial charge >= 0.3 is 6.01 Å². The molecule has 6 heteroatoms. The molecule has 0 saturated carbocycles. The number of ether oxygens (including phenoxy) is 2. The van der Waals surface area contributed by atoms with Gasteiger partial charge in [-0.3, -0.25) is 4.98 Å². The van der Waals surface area contributed by atoms with Gasteiger partial charge in [-0.15, -0.1) is 0 Å². The average molecular weight is 539 g/mol. The smallest absolute Gasteiger partial charge is 0.457 e. The third-order valence-electron chi connectivity index (χ3n) is 6.66. The molecule has 0 bridgehead atoms. The normalized spacial score (nSPS) is 12.1. The largest absolute Gasteiger partial charge is 0.495 e. The molecule has 0 radical (unpaired) electrons. The van der Waals surface area contributed by atoms with E-state index in [0.717, 1.165) is 56.8 Å². The molecule has 0 N–H and O–H groups in total. The third-order valence-corrected chi connectivity index (χ3v) is 6.66. The van der Waals surface area contributed by atoms with E-state index in [1.807, 2.05) is 134 Å². The Labute approximate surface area is 240 Å². The van der Waals surface area contributed by atoms with Crippen LogP contribution in [-0.2, 0) is 0 Å². The fourth-order valence-electron chi connectivity index (χ4n) is 4.57. The molecule has 0 saturated heterocycles. The summed E-state index contributed by atoms with van der Waals surface area (Å²) in [4.78, 5) is 6.71. The molecule has 0 spiro atoms. The quantitative estimate of drug-likeness (QED) is 0.188. The number of benzene rings is 4. The van der Waals surface area contributed by atoms with E-state index in [9.17, 15) is 0 Å². The zero-order chi connectivity index (χ0) is 28.2. The average Bonchev–Trinajstić information content (AvgIpc) is 3.44. The predicted octanol–water partition coefficient (Wildman–Crippen LogP) is 8.01. The van der Waals surface area contributed by atoms with Crippen LogP contribution in [-0.4, -0.2) is 41.3 Å². The fraction of sp³-hybridized carbons (Fsp3) is 0.0857. The van der Waals surface area contributed by atoms with Gasteiger partial charge in [-0.05, 0) is 65.7 Å². The van der Waals surface area contributed by atoms with Crippen molar-refractivity contribution in [3.63, 3.8) is 0 Å². The summed E-state index contributed by atoms with van der Waals surface area (Å²) >= 11 is 0. The Morgan fingerprint density at radius 3 is 1.95 bits per heavy atom. The lowest BCUT2D eigenvalue weighted by Crippen LogP contribution is -2.08. The van der Waals surface area contributed by atoms with Crippen LogP contribution in [0.25, 0.3) is 22.4 Å². The first-order chi connectivity index (χ1) is 20.0. The molecule has 200 valence electrons. The Morgan fingerprint density at radius 2 is 1.24 bits per heavy atom. The van der Waals surface area contributed by atoms with Crippen molar-refractivity contribution in [3.8, 4) is 45.4 Å². The molecule has 41 heavy (non-hydrogen) atoms. The van der Waals surface area contributed by atoms with Crippen LogP contribution in [0.5, 0.6) is 23.0 Å². The van der Waals surface area contributed by atoms with Gasteiger partial charge < -0.3 is 14.4 Å². The molecule has 0 amide bonds. The maximum Gasteiger partial charge on any atom is 0.495 e. The minimum Gasteiger partial charge on any atom is -0.457 e. The lowest BCUT2D eigenvalue weighted by molar-refractivity contribution is -0.429. The topological polar surface area (TPSA) is 40.6 Å². The van der Waals surface area contributed by atoms with Gasteiger partial charge in [0.05, 0.1) is 11.8 Å². The summed E-state index contributed by atoms with van der Waals surface area (Å²) in [6.45, 7) is 0. The van der Waals surface area contributed by atoms with Crippen LogP contribution in [0.2, 0.25) is 0 Å². The van der Waals surface area contributed by atoms with Crippen LogP contribution in [0, 0.1) is 0 Å². The number of anilines is 1. The molecule has 1 aromatic heterocycles. The standard InChI is InChI=1S/C35H30N4O2/c1-37(2)29-10-6-14-33(23-29)40-31-12-4-8-26(20-31)27-16-17-36-35(22-27)28-9-5-13-32(21-28)41-34-15-7-11-30(24-34)39-19-18-38(3)25-39/h4-24H,1-3H3/q+2. The zero-order valence-corrected chi connectivity index (χ0v) is 23.2. The van der Waals surface area contributed by atoms with Gasteiger partial charge in [0, 0.05) is 43.7 Å². The highest BCUT2D eigenvalue weighted by Gasteiger charge is 2.17.